The van der Waals surface area contributed by atoms with Gasteiger partial charge in [0.1, 0.15) is 11.7 Å². The van der Waals surface area contributed by atoms with Crippen LogP contribution in [0.25, 0.3) is 0 Å². The fraction of sp³-hybridized carbons (Fsp3) is 0.438. The van der Waals surface area contributed by atoms with E-state index in [4.69, 9.17) is 0 Å². The van der Waals surface area contributed by atoms with Gasteiger partial charge < -0.3 is 15.5 Å². The molecule has 0 aliphatic carbocycles. The Labute approximate surface area is 157 Å². The Hall–Kier alpha value is -3.18. The summed E-state index contributed by atoms with van der Waals surface area (Å²) in [5.41, 5.74) is 0.237. The van der Waals surface area contributed by atoms with E-state index in [1.165, 1.54) is 24.0 Å². The smallest absolute Gasteiger partial charge is 0.340 e. The fourth-order valence-electron chi connectivity index (χ4n) is 2.78. The topological polar surface area (TPSA) is 122 Å². The Morgan fingerprint density at radius 3 is 2.61 bits per heavy atom. The van der Waals surface area contributed by atoms with Crippen molar-refractivity contribution in [2.75, 3.05) is 18.4 Å². The Kier molecular flexibility index (Phi) is 6.21. The number of carbonyl (C=O) groups is 3. The van der Waals surface area contributed by atoms with Gasteiger partial charge >= 0.3 is 12.1 Å². The zero-order valence-electron chi connectivity index (χ0n) is 14.7. The third-order valence-electron chi connectivity index (χ3n) is 4.10. The molecule has 1 aliphatic rings. The zero-order chi connectivity index (χ0) is 21.1. The largest absolute Gasteiger partial charge is 0.471 e. The van der Waals surface area contributed by atoms with Crippen LogP contribution in [0.5, 0.6) is 0 Å². The third-order valence-corrected chi connectivity index (χ3v) is 4.10. The molecule has 1 aromatic carbocycles. The number of hydrogen-bond acceptors (Lipinski definition) is 5. The first kappa shape index (κ1) is 21.1. The molecule has 1 heterocycles. The first-order valence-electron chi connectivity index (χ1n) is 8.20. The highest BCUT2D eigenvalue weighted by molar-refractivity contribution is 5.92. The molecule has 1 aliphatic heterocycles. The molecule has 0 aromatic heterocycles. The van der Waals surface area contributed by atoms with Crippen molar-refractivity contribution in [2.45, 2.75) is 32.0 Å². The van der Waals surface area contributed by atoms with Gasteiger partial charge in [0.05, 0.1) is 4.92 Å². The molecule has 3 amide bonds. The van der Waals surface area contributed by atoms with Gasteiger partial charge in [0.2, 0.25) is 11.8 Å². The average molecular weight is 402 g/mol. The zero-order valence-corrected chi connectivity index (χ0v) is 14.7. The maximum Gasteiger partial charge on any atom is 0.471 e. The molecule has 0 spiro atoms. The summed E-state index contributed by atoms with van der Waals surface area (Å²) in [7, 11) is 0. The lowest BCUT2D eigenvalue weighted by atomic mass is 10.1. The summed E-state index contributed by atoms with van der Waals surface area (Å²) in [5, 5.41) is 15.2. The molecule has 0 saturated carbocycles. The summed E-state index contributed by atoms with van der Waals surface area (Å²) >= 11 is 0. The van der Waals surface area contributed by atoms with Gasteiger partial charge in [-0.15, -0.1) is 0 Å². The first-order chi connectivity index (χ1) is 13.0. The molecule has 1 aromatic rings. The van der Waals surface area contributed by atoms with Crippen LogP contribution in [0, 0.1) is 10.1 Å². The molecule has 12 heteroatoms. The SMILES string of the molecule is CC(=O)Nc1ccc(CCN2CC[C@H](NC(=O)C(F)(F)F)C2=O)cc1[N+](=O)[O-]. The fourth-order valence-corrected chi connectivity index (χ4v) is 2.78. The van der Waals surface area contributed by atoms with Crippen LogP contribution in [0.3, 0.4) is 0 Å². The molecule has 1 saturated heterocycles. The number of carbonyl (C=O) groups excluding carboxylic acids is 3. The lowest BCUT2D eigenvalue weighted by molar-refractivity contribution is -0.384. The molecule has 2 N–H and O–H groups in total. The van der Waals surface area contributed by atoms with E-state index < -0.39 is 34.9 Å². The highest BCUT2D eigenvalue weighted by atomic mass is 19.4. The second-order valence-electron chi connectivity index (χ2n) is 6.18. The number of halogens is 3. The lowest BCUT2D eigenvalue weighted by Gasteiger charge is -2.17. The molecule has 2 rings (SSSR count). The summed E-state index contributed by atoms with van der Waals surface area (Å²) in [6.07, 6.45) is -4.81. The molecule has 0 radical (unpaired) electrons. The summed E-state index contributed by atoms with van der Waals surface area (Å²) < 4.78 is 36.9. The average Bonchev–Trinajstić information content (AvgIpc) is 2.92. The van der Waals surface area contributed by atoms with Gasteiger partial charge in [0.25, 0.3) is 5.69 Å². The van der Waals surface area contributed by atoms with Crippen LogP contribution in [0.4, 0.5) is 24.5 Å². The number of benzene rings is 1. The van der Waals surface area contributed by atoms with E-state index in [9.17, 15) is 37.7 Å². The van der Waals surface area contributed by atoms with Crippen molar-refractivity contribution in [1.82, 2.24) is 10.2 Å². The maximum atomic E-state index is 12.3. The summed E-state index contributed by atoms with van der Waals surface area (Å²) in [6.45, 7) is 1.49. The van der Waals surface area contributed by atoms with E-state index in [0.717, 1.165) is 0 Å². The molecular formula is C16H17F3N4O5. The number of nitro groups is 1. The van der Waals surface area contributed by atoms with Crippen LogP contribution in [0.1, 0.15) is 18.9 Å². The van der Waals surface area contributed by atoms with Crippen LogP contribution in [-0.2, 0) is 20.8 Å². The van der Waals surface area contributed by atoms with Crippen LogP contribution in [0.2, 0.25) is 0 Å². The lowest BCUT2D eigenvalue weighted by Crippen LogP contribution is -2.47. The molecule has 1 fully saturated rings. The van der Waals surface area contributed by atoms with Crippen LogP contribution >= 0.6 is 0 Å². The number of nitro benzene ring substituents is 1. The van der Waals surface area contributed by atoms with Crippen molar-refractivity contribution in [3.63, 3.8) is 0 Å². The van der Waals surface area contributed by atoms with Crippen molar-refractivity contribution >= 4 is 29.1 Å². The first-order valence-corrected chi connectivity index (χ1v) is 8.20. The van der Waals surface area contributed by atoms with Gasteiger partial charge in [-0.25, -0.2) is 0 Å². The number of anilines is 1. The van der Waals surface area contributed by atoms with Gasteiger partial charge in [-0.2, -0.15) is 13.2 Å². The monoisotopic (exact) mass is 402 g/mol. The van der Waals surface area contributed by atoms with Crippen molar-refractivity contribution < 1.29 is 32.5 Å². The highest BCUT2D eigenvalue weighted by Crippen LogP contribution is 2.26. The number of nitrogens with zero attached hydrogens (tertiary/aromatic N) is 2. The Bertz CT molecular complexity index is 812. The van der Waals surface area contributed by atoms with Crippen LogP contribution in [-0.4, -0.2) is 52.9 Å². The number of hydrogen-bond donors (Lipinski definition) is 2. The predicted molar refractivity (Wildman–Crippen MR) is 90.3 cm³/mol. The van der Waals surface area contributed by atoms with Crippen molar-refractivity contribution in [3.05, 3.63) is 33.9 Å². The van der Waals surface area contributed by atoms with E-state index in [0.29, 0.717) is 5.56 Å². The second-order valence-corrected chi connectivity index (χ2v) is 6.18. The minimum absolute atomic E-state index is 0.0356. The molecule has 152 valence electrons. The normalized spacial score (nSPS) is 16.8. The standard InChI is InChI=1S/C16H17F3N4O5/c1-9(24)20-11-3-2-10(8-13(11)23(27)28)4-6-22-7-5-12(14(22)25)21-15(26)16(17,18)19/h2-3,8,12H,4-7H2,1H3,(H,20,24)(H,21,26)/t12-/m0/s1. The van der Waals surface area contributed by atoms with Gasteiger partial charge in [-0.05, 0) is 24.5 Å². The van der Waals surface area contributed by atoms with E-state index in [1.54, 1.807) is 11.4 Å². The maximum absolute atomic E-state index is 12.3. The molecular weight excluding hydrogens is 385 g/mol. The van der Waals surface area contributed by atoms with Crippen molar-refractivity contribution in [1.29, 1.82) is 0 Å². The number of nitrogens with one attached hydrogen (secondary N) is 2. The molecule has 0 unspecified atom stereocenters. The third kappa shape index (κ3) is 5.18. The summed E-state index contributed by atoms with van der Waals surface area (Å²) in [6, 6.07) is 2.93. The summed E-state index contributed by atoms with van der Waals surface area (Å²) in [5.74, 6) is -3.27. The van der Waals surface area contributed by atoms with Gasteiger partial charge in [-0.1, -0.05) is 6.07 Å². The molecule has 9 nitrogen and oxygen atoms in total. The Morgan fingerprint density at radius 1 is 1.36 bits per heavy atom. The van der Waals surface area contributed by atoms with Gasteiger partial charge in [0.15, 0.2) is 0 Å². The Balaban J connectivity index is 2.00. The number of likely N-dealkylation sites (tertiary alicyclic amines) is 1. The predicted octanol–water partition coefficient (Wildman–Crippen LogP) is 1.38. The number of alkyl halides is 3. The highest BCUT2D eigenvalue weighted by Gasteiger charge is 2.42. The number of rotatable bonds is 6. The quantitative estimate of drug-likeness (QED) is 0.550. The summed E-state index contributed by atoms with van der Waals surface area (Å²) in [4.78, 5) is 46.0. The minimum Gasteiger partial charge on any atom is -0.340 e. The molecule has 1 atom stereocenters. The van der Waals surface area contributed by atoms with E-state index >= 15 is 0 Å². The van der Waals surface area contributed by atoms with E-state index in [1.807, 2.05) is 0 Å². The van der Waals surface area contributed by atoms with Gasteiger partial charge in [0, 0.05) is 26.1 Å². The minimum atomic E-state index is -5.07. The van der Waals surface area contributed by atoms with E-state index in [-0.39, 0.29) is 37.3 Å². The van der Waals surface area contributed by atoms with Crippen LogP contribution in [0.15, 0.2) is 18.2 Å². The second kappa shape index (κ2) is 8.23. The number of amides is 3. The molecule has 28 heavy (non-hydrogen) atoms. The van der Waals surface area contributed by atoms with Crippen LogP contribution < -0.4 is 10.6 Å². The molecule has 0 bridgehead atoms. The van der Waals surface area contributed by atoms with E-state index in [2.05, 4.69) is 5.32 Å². The van der Waals surface area contributed by atoms with Crippen molar-refractivity contribution in [2.24, 2.45) is 0 Å². The Morgan fingerprint density at radius 2 is 2.04 bits per heavy atom. The van der Waals surface area contributed by atoms with Crippen molar-refractivity contribution in [3.8, 4) is 0 Å². The van der Waals surface area contributed by atoms with Gasteiger partial charge in [-0.3, -0.25) is 24.5 Å².